The second-order valence-electron chi connectivity index (χ2n) is 7.61. The molecule has 1 saturated carbocycles. The van der Waals surface area contributed by atoms with E-state index in [4.69, 9.17) is 0 Å². The minimum Gasteiger partial charge on any atom is -0.323 e. The van der Waals surface area contributed by atoms with Crippen LogP contribution in [-0.4, -0.2) is 47.0 Å². The molecule has 21 heavy (non-hydrogen) atoms. The van der Waals surface area contributed by atoms with E-state index in [2.05, 4.69) is 37.9 Å². The van der Waals surface area contributed by atoms with Gasteiger partial charge in [-0.25, -0.2) is 9.69 Å². The summed E-state index contributed by atoms with van der Waals surface area (Å²) < 4.78 is 0. The molecule has 0 bridgehead atoms. The number of rotatable bonds is 7. The summed E-state index contributed by atoms with van der Waals surface area (Å²) in [5.41, 5.74) is -0.668. The molecule has 5 nitrogen and oxygen atoms in total. The van der Waals surface area contributed by atoms with Gasteiger partial charge in [-0.1, -0.05) is 27.7 Å². The van der Waals surface area contributed by atoms with Crippen LogP contribution in [0.15, 0.2) is 0 Å². The Balaban J connectivity index is 2.05. The van der Waals surface area contributed by atoms with Gasteiger partial charge in [0.1, 0.15) is 5.54 Å². The monoisotopic (exact) mass is 295 g/mol. The van der Waals surface area contributed by atoms with E-state index in [1.807, 2.05) is 6.92 Å². The van der Waals surface area contributed by atoms with Crippen molar-refractivity contribution >= 4 is 11.9 Å². The second kappa shape index (κ2) is 5.95. The lowest BCUT2D eigenvalue weighted by atomic mass is 9.96. The molecule has 1 aliphatic heterocycles. The SMILES string of the molecule is CC(C)CN(CC(C)C)CN1C(=O)NC(C)(C2CC2)C1=O. The summed E-state index contributed by atoms with van der Waals surface area (Å²) in [5.74, 6) is 1.30. The van der Waals surface area contributed by atoms with Crippen molar-refractivity contribution in [1.29, 1.82) is 0 Å². The number of carbonyl (C=O) groups is 2. The minimum atomic E-state index is -0.668. The lowest BCUT2D eigenvalue weighted by Gasteiger charge is -2.29. The second-order valence-corrected chi connectivity index (χ2v) is 7.61. The third-order valence-electron chi connectivity index (χ3n) is 4.28. The summed E-state index contributed by atoms with van der Waals surface area (Å²) in [6.45, 7) is 12.7. The highest BCUT2D eigenvalue weighted by Gasteiger charge is 2.56. The van der Waals surface area contributed by atoms with Crippen LogP contribution in [0.2, 0.25) is 0 Å². The first-order valence-electron chi connectivity index (χ1n) is 8.10. The summed E-state index contributed by atoms with van der Waals surface area (Å²) in [4.78, 5) is 28.5. The molecule has 1 atom stereocenters. The highest BCUT2D eigenvalue weighted by atomic mass is 16.2. The van der Waals surface area contributed by atoms with Crippen molar-refractivity contribution in [3.63, 3.8) is 0 Å². The molecule has 0 aromatic carbocycles. The molecular formula is C16H29N3O2. The molecular weight excluding hydrogens is 266 g/mol. The van der Waals surface area contributed by atoms with E-state index in [0.29, 0.717) is 24.4 Å². The molecule has 2 aliphatic rings. The Morgan fingerprint density at radius 1 is 1.19 bits per heavy atom. The molecule has 0 aromatic rings. The first kappa shape index (κ1) is 16.3. The minimum absolute atomic E-state index is 0.0486. The Hall–Kier alpha value is -1.10. The van der Waals surface area contributed by atoms with Crippen LogP contribution in [0.4, 0.5) is 4.79 Å². The lowest BCUT2D eigenvalue weighted by Crippen LogP contribution is -2.48. The van der Waals surface area contributed by atoms with Crippen LogP contribution in [0.1, 0.15) is 47.5 Å². The fraction of sp³-hybridized carbons (Fsp3) is 0.875. The van der Waals surface area contributed by atoms with Crippen LogP contribution in [-0.2, 0) is 4.79 Å². The summed E-state index contributed by atoms with van der Waals surface area (Å²) in [6.07, 6.45) is 2.08. The van der Waals surface area contributed by atoms with Crippen molar-refractivity contribution in [3.05, 3.63) is 0 Å². The van der Waals surface area contributed by atoms with Gasteiger partial charge in [0.2, 0.25) is 0 Å². The Labute approximate surface area is 128 Å². The van der Waals surface area contributed by atoms with E-state index in [0.717, 1.165) is 25.9 Å². The predicted octanol–water partition coefficient (Wildman–Crippen LogP) is 2.28. The summed E-state index contributed by atoms with van der Waals surface area (Å²) >= 11 is 0. The molecule has 0 radical (unpaired) electrons. The van der Waals surface area contributed by atoms with Crippen molar-refractivity contribution in [1.82, 2.24) is 15.1 Å². The maximum Gasteiger partial charge on any atom is 0.326 e. The molecule has 3 amide bonds. The van der Waals surface area contributed by atoms with E-state index in [1.54, 1.807) is 0 Å². The van der Waals surface area contributed by atoms with Gasteiger partial charge in [-0.15, -0.1) is 0 Å². The fourth-order valence-corrected chi connectivity index (χ4v) is 3.20. The number of amides is 3. The normalized spacial score (nSPS) is 26.4. The molecule has 1 unspecified atom stereocenters. The van der Waals surface area contributed by atoms with Crippen LogP contribution < -0.4 is 5.32 Å². The Kier molecular flexibility index (Phi) is 4.61. The Morgan fingerprint density at radius 2 is 1.71 bits per heavy atom. The van der Waals surface area contributed by atoms with Gasteiger partial charge in [-0.2, -0.15) is 0 Å². The molecule has 1 saturated heterocycles. The van der Waals surface area contributed by atoms with Gasteiger partial charge in [0.15, 0.2) is 0 Å². The van der Waals surface area contributed by atoms with Gasteiger partial charge in [0, 0.05) is 13.1 Å². The molecule has 2 fully saturated rings. The smallest absolute Gasteiger partial charge is 0.323 e. The number of hydrogen-bond acceptors (Lipinski definition) is 3. The van der Waals surface area contributed by atoms with Crippen molar-refractivity contribution in [2.24, 2.45) is 17.8 Å². The molecule has 0 aromatic heterocycles. The highest BCUT2D eigenvalue weighted by molar-refractivity contribution is 6.07. The predicted molar refractivity (Wildman–Crippen MR) is 82.6 cm³/mol. The van der Waals surface area contributed by atoms with Crippen LogP contribution in [0.3, 0.4) is 0 Å². The molecule has 5 heteroatoms. The third-order valence-corrected chi connectivity index (χ3v) is 4.28. The Morgan fingerprint density at radius 3 is 2.14 bits per heavy atom. The van der Waals surface area contributed by atoms with E-state index < -0.39 is 5.54 Å². The highest BCUT2D eigenvalue weighted by Crippen LogP contribution is 2.42. The Bertz CT molecular complexity index is 408. The number of hydrogen-bond donors (Lipinski definition) is 1. The maximum atomic E-state index is 12.6. The maximum absolute atomic E-state index is 12.6. The van der Waals surface area contributed by atoms with E-state index in [-0.39, 0.29) is 11.9 Å². The number of imide groups is 1. The third kappa shape index (κ3) is 3.57. The van der Waals surface area contributed by atoms with Crippen LogP contribution in [0.5, 0.6) is 0 Å². The van der Waals surface area contributed by atoms with E-state index in [9.17, 15) is 9.59 Å². The summed E-state index contributed by atoms with van der Waals surface area (Å²) in [7, 11) is 0. The topological polar surface area (TPSA) is 52.6 Å². The van der Waals surface area contributed by atoms with Crippen LogP contribution in [0, 0.1) is 17.8 Å². The molecule has 1 aliphatic carbocycles. The molecule has 2 rings (SSSR count). The quantitative estimate of drug-likeness (QED) is 0.733. The zero-order valence-corrected chi connectivity index (χ0v) is 14.0. The van der Waals surface area contributed by atoms with Gasteiger partial charge in [-0.05, 0) is 37.5 Å². The van der Waals surface area contributed by atoms with E-state index in [1.165, 1.54) is 4.90 Å². The van der Waals surface area contributed by atoms with Gasteiger partial charge in [0.25, 0.3) is 5.91 Å². The molecule has 120 valence electrons. The lowest BCUT2D eigenvalue weighted by molar-refractivity contribution is -0.133. The van der Waals surface area contributed by atoms with Gasteiger partial charge >= 0.3 is 6.03 Å². The van der Waals surface area contributed by atoms with Gasteiger partial charge in [0.05, 0.1) is 6.67 Å². The average Bonchev–Trinajstić information content (AvgIpc) is 3.14. The first-order valence-corrected chi connectivity index (χ1v) is 8.10. The fourth-order valence-electron chi connectivity index (χ4n) is 3.20. The summed E-state index contributed by atoms with van der Waals surface area (Å²) in [6, 6.07) is -0.230. The number of nitrogens with one attached hydrogen (secondary N) is 1. The molecule has 1 heterocycles. The number of urea groups is 1. The zero-order chi connectivity index (χ0) is 15.8. The number of carbonyl (C=O) groups excluding carboxylic acids is 2. The van der Waals surface area contributed by atoms with Gasteiger partial charge < -0.3 is 5.32 Å². The first-order chi connectivity index (χ1) is 9.74. The number of nitrogens with zero attached hydrogens (tertiary/aromatic N) is 2. The standard InChI is InChI=1S/C16H29N3O2/c1-11(2)8-18(9-12(3)4)10-19-14(20)16(5,13-6-7-13)17-15(19)21/h11-13H,6-10H2,1-5H3,(H,17,21). The molecule has 1 N–H and O–H groups in total. The largest absolute Gasteiger partial charge is 0.326 e. The van der Waals surface area contributed by atoms with E-state index >= 15 is 0 Å². The van der Waals surface area contributed by atoms with Crippen molar-refractivity contribution in [2.45, 2.75) is 53.0 Å². The van der Waals surface area contributed by atoms with Crippen molar-refractivity contribution in [3.8, 4) is 0 Å². The zero-order valence-electron chi connectivity index (χ0n) is 14.0. The molecule has 0 spiro atoms. The van der Waals surface area contributed by atoms with Crippen LogP contribution in [0.25, 0.3) is 0 Å². The van der Waals surface area contributed by atoms with Crippen molar-refractivity contribution in [2.75, 3.05) is 19.8 Å². The van der Waals surface area contributed by atoms with Crippen molar-refractivity contribution < 1.29 is 9.59 Å². The van der Waals surface area contributed by atoms with Crippen LogP contribution >= 0.6 is 0 Å². The average molecular weight is 295 g/mol. The van der Waals surface area contributed by atoms with Gasteiger partial charge in [-0.3, -0.25) is 9.69 Å². The summed E-state index contributed by atoms with van der Waals surface area (Å²) in [5, 5.41) is 2.91.